The number of hydrogen-bond acceptors (Lipinski definition) is 6. The number of piperidine rings is 2. The third kappa shape index (κ3) is 3.68. The van der Waals surface area contributed by atoms with Crippen LogP contribution in [0.2, 0.25) is 0 Å². The number of halogens is 2. The Balaban J connectivity index is 1.63. The van der Waals surface area contributed by atoms with Crippen molar-refractivity contribution < 1.29 is 9.13 Å². The zero-order chi connectivity index (χ0) is 20.8. The number of aromatic nitrogens is 2. The fourth-order valence-electron chi connectivity index (χ4n) is 5.28. The molecule has 2 aliphatic rings. The van der Waals surface area contributed by atoms with E-state index < -0.39 is 11.7 Å². The topological polar surface area (TPSA) is 41.5 Å². The Bertz CT molecular complexity index is 865. The van der Waals surface area contributed by atoms with Crippen molar-refractivity contribution in [3.8, 4) is 5.75 Å². The van der Waals surface area contributed by atoms with Gasteiger partial charge in [-0.25, -0.2) is 4.39 Å². The van der Waals surface area contributed by atoms with Crippen molar-refractivity contribution >= 4 is 32.4 Å². The summed E-state index contributed by atoms with van der Waals surface area (Å²) < 4.78 is 22.1. The minimum atomic E-state index is -0.971. The molecule has 0 unspecified atom stereocenters. The Morgan fingerprint density at radius 2 is 2.00 bits per heavy atom. The van der Waals surface area contributed by atoms with Gasteiger partial charge in [0, 0.05) is 19.1 Å². The molecule has 0 N–H and O–H groups in total. The van der Waals surface area contributed by atoms with Crippen molar-refractivity contribution in [2.75, 3.05) is 19.1 Å². The summed E-state index contributed by atoms with van der Waals surface area (Å²) in [5, 5.41) is 9.04. The van der Waals surface area contributed by atoms with Gasteiger partial charge in [0.05, 0.1) is 18.7 Å². The molecule has 2 bridgehead atoms. The molecule has 8 heteroatoms. The van der Waals surface area contributed by atoms with Crippen molar-refractivity contribution in [3.63, 3.8) is 0 Å². The third-order valence-electron chi connectivity index (χ3n) is 6.94. The molecule has 3 heterocycles. The number of benzene rings is 1. The summed E-state index contributed by atoms with van der Waals surface area (Å²) in [6.07, 6.45) is 2.81. The monoisotopic (exact) mass is 482 g/mol. The molecule has 1 aromatic carbocycles. The number of hydrogen-bond donors (Lipinski definition) is 0. The molecule has 158 valence electrons. The lowest BCUT2D eigenvalue weighted by Gasteiger charge is -2.63. The Hall–Kier alpha value is -1.25. The van der Waals surface area contributed by atoms with Crippen LogP contribution in [0.5, 0.6) is 5.75 Å². The highest BCUT2D eigenvalue weighted by atomic mass is 79.9. The van der Waals surface area contributed by atoms with E-state index in [1.54, 1.807) is 7.11 Å². The Morgan fingerprint density at radius 1 is 1.28 bits per heavy atom. The first-order chi connectivity index (χ1) is 13.8. The van der Waals surface area contributed by atoms with Gasteiger partial charge in [0.1, 0.15) is 11.9 Å². The zero-order valence-corrected chi connectivity index (χ0v) is 19.8. The Morgan fingerprint density at radius 3 is 2.62 bits per heavy atom. The van der Waals surface area contributed by atoms with Crippen molar-refractivity contribution in [2.45, 2.75) is 69.4 Å². The van der Waals surface area contributed by atoms with E-state index in [1.165, 1.54) is 16.9 Å². The standard InChI is InChI=1S/C21H28BrFN4OS/c1-20-10-5-11-21(2,27(20)13-14-6-8-15(28-4)9-7-14)17(23)16(12-20)26(3)19-25-24-18(22)29-19/h6-9,16-17H,5,10-13H2,1-4H3/t16-,17-,20-,21+/m1/s1. The van der Waals surface area contributed by atoms with Gasteiger partial charge in [0.2, 0.25) is 5.13 Å². The SMILES string of the molecule is COc1ccc(CN2[C@]3(C)CCC[C@@]2(C)[C@H](F)[C@H](N(C)c2nnc(Br)s2)C3)cc1. The first-order valence-electron chi connectivity index (χ1n) is 10.0. The number of anilines is 1. The van der Waals surface area contributed by atoms with E-state index in [9.17, 15) is 0 Å². The fourth-order valence-corrected chi connectivity index (χ4v) is 6.39. The van der Waals surface area contributed by atoms with Crippen LogP contribution in [0.1, 0.15) is 45.1 Å². The maximum atomic E-state index is 16.1. The van der Waals surface area contributed by atoms with Gasteiger partial charge in [0.15, 0.2) is 3.92 Å². The van der Waals surface area contributed by atoms with Gasteiger partial charge >= 0.3 is 0 Å². The van der Waals surface area contributed by atoms with Crippen LogP contribution in [0.4, 0.5) is 9.52 Å². The number of alkyl halides is 1. The highest BCUT2D eigenvalue weighted by Crippen LogP contribution is 2.51. The number of nitrogens with zero attached hydrogens (tertiary/aromatic N) is 4. The molecule has 0 saturated carbocycles. The molecule has 2 aliphatic heterocycles. The summed E-state index contributed by atoms with van der Waals surface area (Å²) in [4.78, 5) is 4.43. The minimum absolute atomic E-state index is 0.0592. The lowest BCUT2D eigenvalue weighted by molar-refractivity contribution is -0.138. The van der Waals surface area contributed by atoms with Crippen molar-refractivity contribution in [1.82, 2.24) is 15.1 Å². The van der Waals surface area contributed by atoms with Crippen LogP contribution in [0.3, 0.4) is 0 Å². The maximum absolute atomic E-state index is 16.1. The first-order valence-corrected chi connectivity index (χ1v) is 11.6. The van der Waals surface area contributed by atoms with E-state index in [2.05, 4.69) is 57.0 Å². The largest absolute Gasteiger partial charge is 0.497 e. The molecule has 4 rings (SSSR count). The molecule has 2 saturated heterocycles. The van der Waals surface area contributed by atoms with Gasteiger partial charge in [-0.05, 0) is 73.2 Å². The normalized spacial score (nSPS) is 32.2. The minimum Gasteiger partial charge on any atom is -0.497 e. The van der Waals surface area contributed by atoms with Crippen LogP contribution >= 0.6 is 27.3 Å². The van der Waals surface area contributed by atoms with E-state index in [0.717, 1.165) is 47.0 Å². The number of fused-ring (bicyclic) bond motifs is 2. The van der Waals surface area contributed by atoms with Crippen LogP contribution in [-0.2, 0) is 6.54 Å². The van der Waals surface area contributed by atoms with Crippen LogP contribution < -0.4 is 9.64 Å². The lowest BCUT2D eigenvalue weighted by atomic mass is 9.65. The van der Waals surface area contributed by atoms with Gasteiger partial charge in [0.25, 0.3) is 0 Å². The molecule has 0 amide bonds. The highest BCUT2D eigenvalue weighted by molar-refractivity contribution is 9.11. The van der Waals surface area contributed by atoms with Crippen LogP contribution in [-0.4, -0.2) is 52.5 Å². The zero-order valence-electron chi connectivity index (χ0n) is 17.4. The first kappa shape index (κ1) is 21.0. The average Bonchev–Trinajstić information content (AvgIpc) is 3.14. The van der Waals surface area contributed by atoms with Crippen LogP contribution in [0, 0.1) is 0 Å². The lowest BCUT2D eigenvalue weighted by Crippen LogP contribution is -2.73. The predicted octanol–water partition coefficient (Wildman–Crippen LogP) is 5.06. The third-order valence-corrected chi connectivity index (χ3v) is 8.38. The van der Waals surface area contributed by atoms with E-state index in [4.69, 9.17) is 4.74 Å². The fraction of sp³-hybridized carbons (Fsp3) is 0.619. The molecule has 2 aromatic rings. The summed E-state index contributed by atoms with van der Waals surface area (Å²) in [7, 11) is 3.62. The van der Waals surface area contributed by atoms with Gasteiger partial charge in [-0.1, -0.05) is 23.5 Å². The second-order valence-corrected chi connectivity index (χ2v) is 11.0. The van der Waals surface area contributed by atoms with E-state index in [-0.39, 0.29) is 11.6 Å². The molecule has 4 atom stereocenters. The molecule has 2 fully saturated rings. The van der Waals surface area contributed by atoms with E-state index in [1.807, 2.05) is 24.1 Å². The van der Waals surface area contributed by atoms with Gasteiger partial charge in [-0.3, -0.25) is 4.90 Å². The van der Waals surface area contributed by atoms with Crippen LogP contribution in [0.25, 0.3) is 0 Å². The second-order valence-electron chi connectivity index (χ2n) is 8.76. The van der Waals surface area contributed by atoms with Gasteiger partial charge in [-0.15, -0.1) is 10.2 Å². The maximum Gasteiger partial charge on any atom is 0.209 e. The molecular weight excluding hydrogens is 455 g/mol. The molecule has 29 heavy (non-hydrogen) atoms. The summed E-state index contributed by atoms with van der Waals surface area (Å²) in [6, 6.07) is 7.93. The smallest absolute Gasteiger partial charge is 0.209 e. The number of methoxy groups -OCH3 is 1. The summed E-state index contributed by atoms with van der Waals surface area (Å²) in [5.41, 5.74) is 0.625. The van der Waals surface area contributed by atoms with Crippen LogP contribution in [0.15, 0.2) is 28.2 Å². The number of ether oxygens (including phenoxy) is 1. The highest BCUT2D eigenvalue weighted by Gasteiger charge is 2.59. The quantitative estimate of drug-likeness (QED) is 0.595. The molecule has 0 radical (unpaired) electrons. The van der Waals surface area contributed by atoms with Crippen molar-refractivity contribution in [3.05, 3.63) is 33.7 Å². The van der Waals surface area contributed by atoms with Crippen molar-refractivity contribution in [1.29, 1.82) is 0 Å². The molecule has 0 aliphatic carbocycles. The molecule has 5 nitrogen and oxygen atoms in total. The Kier molecular flexibility index (Phi) is 5.63. The summed E-state index contributed by atoms with van der Waals surface area (Å²) in [5.74, 6) is 0.846. The van der Waals surface area contributed by atoms with E-state index in [0.29, 0.717) is 0 Å². The van der Waals surface area contributed by atoms with E-state index >= 15 is 4.39 Å². The summed E-state index contributed by atoms with van der Waals surface area (Å²) >= 11 is 4.83. The average molecular weight is 483 g/mol. The van der Waals surface area contributed by atoms with Crippen molar-refractivity contribution in [2.24, 2.45) is 0 Å². The second kappa shape index (κ2) is 7.78. The van der Waals surface area contributed by atoms with Gasteiger partial charge in [-0.2, -0.15) is 0 Å². The molecule has 1 aromatic heterocycles. The molecule has 0 spiro atoms. The molecular formula is C21H28BrFN4OS. The van der Waals surface area contributed by atoms with Gasteiger partial charge < -0.3 is 9.64 Å². The summed E-state index contributed by atoms with van der Waals surface area (Å²) in [6.45, 7) is 5.16. The predicted molar refractivity (Wildman–Crippen MR) is 119 cm³/mol. The number of rotatable bonds is 5. The Labute approximate surface area is 184 Å².